The molecule has 5 heteroatoms. The van der Waals surface area contributed by atoms with Crippen molar-refractivity contribution < 1.29 is 9.21 Å². The average Bonchev–Trinajstić information content (AvgIpc) is 2.95. The predicted molar refractivity (Wildman–Crippen MR) is 90.4 cm³/mol. The number of aromatic nitrogens is 1. The van der Waals surface area contributed by atoms with Crippen LogP contribution in [0.25, 0.3) is 11.1 Å². The van der Waals surface area contributed by atoms with Gasteiger partial charge in [0.15, 0.2) is 5.58 Å². The third kappa shape index (κ3) is 3.34. The van der Waals surface area contributed by atoms with E-state index in [-0.39, 0.29) is 0 Å². The van der Waals surface area contributed by atoms with Gasteiger partial charge in [0, 0.05) is 12.1 Å². The summed E-state index contributed by atoms with van der Waals surface area (Å²) in [4.78, 5) is 15.5. The lowest BCUT2D eigenvalue weighted by Crippen LogP contribution is -2.10. The summed E-state index contributed by atoms with van der Waals surface area (Å²) in [6, 6.07) is 13.7. The minimum absolute atomic E-state index is 0.426. The normalized spacial score (nSPS) is 11.1. The molecule has 23 heavy (non-hydrogen) atoms. The molecule has 2 aromatic carbocycles. The number of nitrogens with two attached hydrogens (primary N) is 1. The Bertz CT molecular complexity index is 835. The van der Waals surface area contributed by atoms with Crippen molar-refractivity contribution in [3.63, 3.8) is 0 Å². The maximum atomic E-state index is 11.0. The summed E-state index contributed by atoms with van der Waals surface area (Å²) in [5.41, 5.74) is 9.59. The second-order valence-electron chi connectivity index (χ2n) is 5.82. The molecule has 0 fully saturated rings. The van der Waals surface area contributed by atoms with Crippen LogP contribution in [-0.2, 0) is 6.54 Å². The van der Waals surface area contributed by atoms with Gasteiger partial charge in [0.2, 0.25) is 5.91 Å². The number of primary amides is 1. The Morgan fingerprint density at radius 2 is 1.96 bits per heavy atom. The molecule has 118 valence electrons. The van der Waals surface area contributed by atoms with Crippen molar-refractivity contribution in [2.75, 3.05) is 5.32 Å². The highest BCUT2D eigenvalue weighted by Crippen LogP contribution is 2.24. The number of nitrogens with zero attached hydrogens (tertiary/aromatic N) is 1. The highest BCUT2D eigenvalue weighted by Gasteiger charge is 2.08. The first-order valence-electron chi connectivity index (χ1n) is 7.56. The van der Waals surface area contributed by atoms with Crippen LogP contribution in [-0.4, -0.2) is 10.9 Å². The van der Waals surface area contributed by atoms with Crippen molar-refractivity contribution in [3.8, 4) is 0 Å². The molecule has 0 spiro atoms. The van der Waals surface area contributed by atoms with E-state index in [1.165, 1.54) is 5.56 Å². The molecule has 1 aromatic heterocycles. The molecule has 1 heterocycles. The zero-order valence-electron chi connectivity index (χ0n) is 13.2. The number of carbonyl (C=O) groups is 1. The molecule has 0 saturated heterocycles. The van der Waals surface area contributed by atoms with Gasteiger partial charge >= 0.3 is 0 Å². The quantitative estimate of drug-likeness (QED) is 0.753. The maximum Gasteiger partial charge on any atom is 0.295 e. The second kappa shape index (κ2) is 6.12. The van der Waals surface area contributed by atoms with Gasteiger partial charge in [-0.3, -0.25) is 4.79 Å². The van der Waals surface area contributed by atoms with Gasteiger partial charge in [0.05, 0.1) is 0 Å². The van der Waals surface area contributed by atoms with E-state index in [0.717, 1.165) is 16.7 Å². The molecule has 5 nitrogen and oxygen atoms in total. The summed E-state index contributed by atoms with van der Waals surface area (Å²) in [5.74, 6) is 0.0284. The fraction of sp³-hybridized carbons (Fsp3) is 0.222. The Balaban J connectivity index is 1.72. The van der Waals surface area contributed by atoms with Crippen LogP contribution in [0.2, 0.25) is 0 Å². The number of oxazole rings is 1. The van der Waals surface area contributed by atoms with E-state index in [4.69, 9.17) is 10.2 Å². The minimum Gasteiger partial charge on any atom is -0.424 e. The topological polar surface area (TPSA) is 81.1 Å². The fourth-order valence-electron chi connectivity index (χ4n) is 2.34. The molecule has 0 saturated carbocycles. The van der Waals surface area contributed by atoms with E-state index in [0.29, 0.717) is 24.0 Å². The van der Waals surface area contributed by atoms with Gasteiger partial charge in [0.1, 0.15) is 5.52 Å². The van der Waals surface area contributed by atoms with Crippen LogP contribution in [0.3, 0.4) is 0 Å². The van der Waals surface area contributed by atoms with E-state index in [1.54, 1.807) is 12.1 Å². The molecule has 3 aromatic rings. The zero-order valence-corrected chi connectivity index (χ0v) is 13.2. The summed E-state index contributed by atoms with van der Waals surface area (Å²) >= 11 is 0. The van der Waals surface area contributed by atoms with Crippen LogP contribution in [0.1, 0.15) is 41.3 Å². The lowest BCUT2D eigenvalue weighted by atomic mass is 10.0. The summed E-state index contributed by atoms with van der Waals surface area (Å²) in [6.45, 7) is 4.86. The molecule has 1 amide bonds. The van der Waals surface area contributed by atoms with Crippen molar-refractivity contribution >= 4 is 23.0 Å². The highest BCUT2D eigenvalue weighted by molar-refractivity contribution is 5.92. The van der Waals surface area contributed by atoms with Crippen molar-refractivity contribution in [2.45, 2.75) is 26.3 Å². The number of fused-ring (bicyclic) bond motifs is 1. The number of benzene rings is 2. The van der Waals surface area contributed by atoms with Crippen LogP contribution in [0.5, 0.6) is 0 Å². The number of anilines is 1. The number of carbonyl (C=O) groups excluding carboxylic acids is 1. The first-order chi connectivity index (χ1) is 11.0. The molecular formula is C18H19N3O2. The van der Waals surface area contributed by atoms with E-state index in [1.807, 2.05) is 18.2 Å². The van der Waals surface area contributed by atoms with Crippen LogP contribution in [0.4, 0.5) is 6.01 Å². The van der Waals surface area contributed by atoms with E-state index < -0.39 is 5.91 Å². The van der Waals surface area contributed by atoms with Gasteiger partial charge in [-0.1, -0.05) is 32.0 Å². The predicted octanol–water partition coefficient (Wildman–Crippen LogP) is 3.66. The monoisotopic (exact) mass is 309 g/mol. The lowest BCUT2D eigenvalue weighted by molar-refractivity contribution is 0.100. The second-order valence-corrected chi connectivity index (χ2v) is 5.82. The third-order valence-electron chi connectivity index (χ3n) is 3.76. The number of hydrogen-bond acceptors (Lipinski definition) is 4. The summed E-state index contributed by atoms with van der Waals surface area (Å²) in [6.07, 6.45) is 0. The maximum absolute atomic E-state index is 11.0. The van der Waals surface area contributed by atoms with E-state index >= 15 is 0 Å². The Morgan fingerprint density at radius 3 is 2.61 bits per heavy atom. The first-order valence-corrected chi connectivity index (χ1v) is 7.56. The van der Waals surface area contributed by atoms with Crippen molar-refractivity contribution in [3.05, 3.63) is 59.2 Å². The Morgan fingerprint density at radius 1 is 1.22 bits per heavy atom. The van der Waals surface area contributed by atoms with Crippen molar-refractivity contribution in [1.82, 2.24) is 4.98 Å². The molecule has 0 unspecified atom stereocenters. The summed E-state index contributed by atoms with van der Waals surface area (Å²) in [7, 11) is 0. The lowest BCUT2D eigenvalue weighted by Gasteiger charge is -2.02. The molecule has 0 aliphatic carbocycles. The van der Waals surface area contributed by atoms with Gasteiger partial charge in [0.25, 0.3) is 6.01 Å². The number of hydrogen-bond donors (Lipinski definition) is 2. The largest absolute Gasteiger partial charge is 0.424 e. The van der Waals surface area contributed by atoms with Gasteiger partial charge in [-0.05, 0) is 41.3 Å². The Kier molecular flexibility index (Phi) is 4.02. The number of amides is 1. The Hall–Kier alpha value is -2.82. The van der Waals surface area contributed by atoms with Crippen LogP contribution >= 0.6 is 0 Å². The Labute approximate surface area is 134 Å². The van der Waals surface area contributed by atoms with Crippen LogP contribution < -0.4 is 11.1 Å². The highest BCUT2D eigenvalue weighted by atomic mass is 16.4. The van der Waals surface area contributed by atoms with Gasteiger partial charge < -0.3 is 15.5 Å². The molecule has 3 rings (SSSR count). The van der Waals surface area contributed by atoms with E-state index in [9.17, 15) is 4.79 Å². The fourth-order valence-corrected chi connectivity index (χ4v) is 2.34. The SMILES string of the molecule is CC(C)c1ccc2oc(NCc3ccc(C(N)=O)cc3)nc2c1. The summed E-state index contributed by atoms with van der Waals surface area (Å²) in [5, 5.41) is 3.15. The molecule has 0 bridgehead atoms. The molecule has 0 atom stereocenters. The van der Waals surface area contributed by atoms with Crippen molar-refractivity contribution in [2.24, 2.45) is 5.73 Å². The number of nitrogens with one attached hydrogen (secondary N) is 1. The summed E-state index contributed by atoms with van der Waals surface area (Å²) < 4.78 is 5.69. The van der Waals surface area contributed by atoms with Crippen LogP contribution in [0.15, 0.2) is 46.9 Å². The zero-order chi connectivity index (χ0) is 16.4. The molecule has 0 aliphatic heterocycles. The smallest absolute Gasteiger partial charge is 0.295 e. The van der Waals surface area contributed by atoms with Gasteiger partial charge in [-0.25, -0.2) is 0 Å². The van der Waals surface area contributed by atoms with E-state index in [2.05, 4.69) is 36.3 Å². The molecule has 3 N–H and O–H groups in total. The first kappa shape index (κ1) is 15.1. The van der Waals surface area contributed by atoms with Crippen molar-refractivity contribution in [1.29, 1.82) is 0 Å². The molecule has 0 radical (unpaired) electrons. The number of rotatable bonds is 5. The third-order valence-corrected chi connectivity index (χ3v) is 3.76. The molecular weight excluding hydrogens is 290 g/mol. The van der Waals surface area contributed by atoms with Crippen LogP contribution in [0, 0.1) is 0 Å². The minimum atomic E-state index is -0.426. The average molecular weight is 309 g/mol. The standard InChI is InChI=1S/C18H19N3O2/c1-11(2)14-7-8-16-15(9-14)21-18(23-16)20-10-12-3-5-13(6-4-12)17(19)22/h3-9,11H,10H2,1-2H3,(H2,19,22)(H,20,21). The van der Waals surface area contributed by atoms with Gasteiger partial charge in [-0.15, -0.1) is 0 Å². The van der Waals surface area contributed by atoms with Gasteiger partial charge in [-0.2, -0.15) is 4.98 Å². The molecule has 0 aliphatic rings.